The third-order valence-corrected chi connectivity index (χ3v) is 4.12. The minimum Gasteiger partial charge on any atom is -0.347 e. The van der Waals surface area contributed by atoms with Gasteiger partial charge in [-0.15, -0.1) is 9.81 Å². The van der Waals surface area contributed by atoms with E-state index < -0.39 is 0 Å². The van der Waals surface area contributed by atoms with E-state index in [4.69, 9.17) is 0 Å². The van der Waals surface area contributed by atoms with Gasteiger partial charge in [0.05, 0.1) is 23.8 Å². The molecule has 0 saturated heterocycles. The topological polar surface area (TPSA) is 65.3 Å². The molecule has 0 saturated carbocycles. The molecule has 2 aliphatic rings. The third-order valence-electron chi connectivity index (χ3n) is 4.12. The van der Waals surface area contributed by atoms with Crippen molar-refractivity contribution in [1.82, 2.24) is 9.80 Å². The van der Waals surface area contributed by atoms with Crippen LogP contribution in [0.5, 0.6) is 0 Å². The molecule has 0 radical (unpaired) electrons. The standard InChI is InChI=1S/C19H24N4O2/c24-20-16-18-10-4-8-14-22(18)12-6-2-1-3-7-13-23-15-9-5-11-19(23)17-21-25/h4-5,8-11,14-17H,1-3,6-7,12-13H2/b18-16-,19-17+. The second-order valence-electron chi connectivity index (χ2n) is 5.87. The highest BCUT2D eigenvalue weighted by Crippen LogP contribution is 2.16. The molecule has 0 atom stereocenters. The van der Waals surface area contributed by atoms with E-state index in [9.17, 15) is 9.81 Å². The summed E-state index contributed by atoms with van der Waals surface area (Å²) in [5.41, 5.74) is 1.68. The summed E-state index contributed by atoms with van der Waals surface area (Å²) in [4.78, 5) is 24.9. The van der Waals surface area contributed by atoms with Gasteiger partial charge < -0.3 is 9.80 Å². The number of hydrogen-bond acceptors (Lipinski definition) is 6. The Labute approximate surface area is 148 Å². The summed E-state index contributed by atoms with van der Waals surface area (Å²) >= 11 is 0. The first-order valence-electron chi connectivity index (χ1n) is 8.63. The number of nitrogens with zero attached hydrogens (tertiary/aromatic N) is 4. The van der Waals surface area contributed by atoms with Gasteiger partial charge in [-0.25, -0.2) is 0 Å². The lowest BCUT2D eigenvalue weighted by molar-refractivity contribution is 0.425. The Balaban J connectivity index is 1.59. The normalized spacial score (nSPS) is 19.2. The fraction of sp³-hybridized carbons (Fsp3) is 0.368. The Morgan fingerprint density at radius 2 is 1.12 bits per heavy atom. The molecule has 0 fully saturated rings. The Hall–Kier alpha value is -2.76. The first-order valence-corrected chi connectivity index (χ1v) is 8.63. The maximum atomic E-state index is 10.4. The van der Waals surface area contributed by atoms with Crippen molar-refractivity contribution in [2.75, 3.05) is 13.1 Å². The van der Waals surface area contributed by atoms with Crippen LogP contribution in [0.4, 0.5) is 0 Å². The van der Waals surface area contributed by atoms with Crippen molar-refractivity contribution in [1.29, 1.82) is 0 Å². The van der Waals surface area contributed by atoms with Crippen molar-refractivity contribution in [2.24, 2.45) is 10.4 Å². The summed E-state index contributed by atoms with van der Waals surface area (Å²) in [5.74, 6) is 0. The van der Waals surface area contributed by atoms with Crippen LogP contribution in [-0.2, 0) is 0 Å². The fourth-order valence-corrected chi connectivity index (χ4v) is 2.82. The fourth-order valence-electron chi connectivity index (χ4n) is 2.82. The van der Waals surface area contributed by atoms with Crippen LogP contribution < -0.4 is 0 Å². The molecule has 25 heavy (non-hydrogen) atoms. The van der Waals surface area contributed by atoms with Gasteiger partial charge in [0.1, 0.15) is 0 Å². The molecule has 0 spiro atoms. The summed E-state index contributed by atoms with van der Waals surface area (Å²) in [5, 5.41) is 5.71. The lowest BCUT2D eigenvalue weighted by Gasteiger charge is -2.23. The van der Waals surface area contributed by atoms with E-state index in [0.717, 1.165) is 56.6 Å². The molecule has 2 rings (SSSR count). The van der Waals surface area contributed by atoms with Crippen LogP contribution in [0.3, 0.4) is 0 Å². The average molecular weight is 340 g/mol. The van der Waals surface area contributed by atoms with Crippen LogP contribution in [-0.4, -0.2) is 22.9 Å². The molecular weight excluding hydrogens is 316 g/mol. The van der Waals surface area contributed by atoms with E-state index in [-0.39, 0.29) is 0 Å². The minimum atomic E-state index is 0.838. The Kier molecular flexibility index (Phi) is 8.11. The largest absolute Gasteiger partial charge is 0.347 e. The van der Waals surface area contributed by atoms with Crippen LogP contribution in [0.25, 0.3) is 0 Å². The van der Waals surface area contributed by atoms with Gasteiger partial charge in [0.25, 0.3) is 0 Å². The zero-order valence-corrected chi connectivity index (χ0v) is 14.3. The van der Waals surface area contributed by atoms with E-state index in [0.29, 0.717) is 0 Å². The predicted octanol–water partition coefficient (Wildman–Crippen LogP) is 4.92. The quantitative estimate of drug-likeness (QED) is 0.418. The van der Waals surface area contributed by atoms with Gasteiger partial charge >= 0.3 is 0 Å². The molecule has 132 valence electrons. The van der Waals surface area contributed by atoms with Gasteiger partial charge in [-0.3, -0.25) is 0 Å². The Bertz CT molecular complexity index is 575. The van der Waals surface area contributed by atoms with Crippen LogP contribution in [0.2, 0.25) is 0 Å². The maximum absolute atomic E-state index is 10.4. The summed E-state index contributed by atoms with van der Waals surface area (Å²) in [6, 6.07) is 0. The van der Waals surface area contributed by atoms with Crippen molar-refractivity contribution < 1.29 is 0 Å². The molecule has 0 amide bonds. The summed E-state index contributed by atoms with van der Waals surface area (Å²) in [7, 11) is 0. The molecule has 0 aliphatic carbocycles. The van der Waals surface area contributed by atoms with Gasteiger partial charge in [0.2, 0.25) is 0 Å². The second-order valence-corrected chi connectivity index (χ2v) is 5.87. The number of nitroso groups, excluding NO2 is 2. The smallest absolute Gasteiger partial charge is 0.0951 e. The van der Waals surface area contributed by atoms with Crippen molar-refractivity contribution >= 4 is 0 Å². The van der Waals surface area contributed by atoms with E-state index in [1.807, 2.05) is 48.9 Å². The van der Waals surface area contributed by atoms with Gasteiger partial charge in [0, 0.05) is 25.5 Å². The number of hydrogen-bond donors (Lipinski definition) is 0. The van der Waals surface area contributed by atoms with E-state index in [1.54, 1.807) is 0 Å². The maximum Gasteiger partial charge on any atom is 0.0951 e. The van der Waals surface area contributed by atoms with E-state index >= 15 is 0 Å². The van der Waals surface area contributed by atoms with Gasteiger partial charge in [-0.2, -0.15) is 0 Å². The minimum absolute atomic E-state index is 0.838. The molecule has 0 bridgehead atoms. The van der Waals surface area contributed by atoms with Crippen molar-refractivity contribution in [3.05, 3.63) is 82.5 Å². The molecule has 0 aromatic heterocycles. The molecule has 2 aliphatic heterocycles. The summed E-state index contributed by atoms with van der Waals surface area (Å²) in [6.07, 6.45) is 23.7. The highest BCUT2D eigenvalue weighted by atomic mass is 16.3. The number of rotatable bonds is 10. The molecule has 0 aromatic rings. The Morgan fingerprint density at radius 3 is 1.56 bits per heavy atom. The Morgan fingerprint density at radius 1 is 0.680 bits per heavy atom. The summed E-state index contributed by atoms with van der Waals surface area (Å²) in [6.45, 7) is 1.78. The highest BCUT2D eigenvalue weighted by Gasteiger charge is 2.08. The van der Waals surface area contributed by atoms with Crippen molar-refractivity contribution in [2.45, 2.75) is 32.1 Å². The zero-order chi connectivity index (χ0) is 17.7. The predicted molar refractivity (Wildman–Crippen MR) is 101 cm³/mol. The lowest BCUT2D eigenvalue weighted by atomic mass is 10.1. The second kappa shape index (κ2) is 10.9. The molecule has 0 aromatic carbocycles. The number of unbranched alkanes of at least 4 members (excludes halogenated alkanes) is 4. The number of allylic oxidation sites excluding steroid dienone is 6. The SMILES string of the molecule is O=N/C=C1/C=CC=CN1CCCCCCCN1C=CC=C/C1=C\N=O. The zero-order valence-electron chi connectivity index (χ0n) is 14.3. The molecule has 6 heteroatoms. The third kappa shape index (κ3) is 6.33. The van der Waals surface area contributed by atoms with Gasteiger partial charge in [0.15, 0.2) is 0 Å². The van der Waals surface area contributed by atoms with Crippen LogP contribution >= 0.6 is 0 Å². The van der Waals surface area contributed by atoms with Crippen LogP contribution in [0.15, 0.2) is 83.0 Å². The van der Waals surface area contributed by atoms with Gasteiger partial charge in [-0.05, 0) is 47.5 Å². The van der Waals surface area contributed by atoms with E-state index in [2.05, 4.69) is 20.2 Å². The first kappa shape index (κ1) is 18.6. The van der Waals surface area contributed by atoms with E-state index in [1.165, 1.54) is 12.4 Å². The molecular formula is C19H24N4O2. The van der Waals surface area contributed by atoms with Crippen LogP contribution in [0, 0.1) is 9.81 Å². The monoisotopic (exact) mass is 340 g/mol. The average Bonchev–Trinajstić information content (AvgIpc) is 2.64. The molecule has 6 nitrogen and oxygen atoms in total. The first-order chi connectivity index (χ1) is 12.3. The lowest BCUT2D eigenvalue weighted by Crippen LogP contribution is -2.19. The highest BCUT2D eigenvalue weighted by molar-refractivity contribution is 5.28. The molecule has 0 unspecified atom stereocenters. The molecule has 0 N–H and O–H groups in total. The van der Waals surface area contributed by atoms with Crippen molar-refractivity contribution in [3.8, 4) is 0 Å². The van der Waals surface area contributed by atoms with Crippen LogP contribution in [0.1, 0.15) is 32.1 Å². The van der Waals surface area contributed by atoms with Gasteiger partial charge in [-0.1, -0.05) is 31.4 Å². The van der Waals surface area contributed by atoms with Crippen molar-refractivity contribution in [3.63, 3.8) is 0 Å². The molecule has 2 heterocycles. The summed E-state index contributed by atoms with van der Waals surface area (Å²) < 4.78 is 0.